The molecule has 3 heterocycles. The zero-order chi connectivity index (χ0) is 17.9. The number of ether oxygens (including phenoxy) is 1. The van der Waals surface area contributed by atoms with Gasteiger partial charge < -0.3 is 14.6 Å². The molecule has 0 bridgehead atoms. The third-order valence-electron chi connectivity index (χ3n) is 5.50. The molecular weight excluding hydrogens is 326 g/mol. The number of benzene rings is 1. The predicted molar refractivity (Wildman–Crippen MR) is 101 cm³/mol. The van der Waals surface area contributed by atoms with Crippen LogP contribution in [0, 0.1) is 0 Å². The Morgan fingerprint density at radius 1 is 1.31 bits per heavy atom. The van der Waals surface area contributed by atoms with Gasteiger partial charge in [0, 0.05) is 51.9 Å². The Balaban J connectivity index is 1.41. The van der Waals surface area contributed by atoms with Gasteiger partial charge in [0.25, 0.3) is 5.91 Å². The van der Waals surface area contributed by atoms with Gasteiger partial charge >= 0.3 is 0 Å². The fraction of sp³-hybridized carbons (Fsp3) is 0.476. The van der Waals surface area contributed by atoms with E-state index in [-0.39, 0.29) is 12.0 Å². The van der Waals surface area contributed by atoms with Gasteiger partial charge in [-0.3, -0.25) is 9.69 Å². The molecule has 2 aliphatic rings. The van der Waals surface area contributed by atoms with Gasteiger partial charge in [-0.05, 0) is 30.0 Å². The maximum Gasteiger partial charge on any atom is 0.268 e. The molecule has 1 atom stereocenters. The first-order valence-corrected chi connectivity index (χ1v) is 9.54. The maximum absolute atomic E-state index is 12.6. The van der Waals surface area contributed by atoms with E-state index in [1.165, 1.54) is 16.8 Å². The number of amides is 1. The molecule has 0 unspecified atom stereocenters. The van der Waals surface area contributed by atoms with Crippen molar-refractivity contribution in [2.45, 2.75) is 38.5 Å². The first-order valence-electron chi connectivity index (χ1n) is 9.54. The zero-order valence-electron chi connectivity index (χ0n) is 15.4. The topological polar surface area (TPSA) is 46.5 Å². The van der Waals surface area contributed by atoms with Crippen molar-refractivity contribution in [1.29, 1.82) is 0 Å². The molecule has 0 saturated carbocycles. The molecule has 2 aromatic rings. The largest absolute Gasteiger partial charge is 0.376 e. The third kappa shape index (κ3) is 3.69. The van der Waals surface area contributed by atoms with E-state index in [9.17, 15) is 4.79 Å². The molecule has 1 aromatic heterocycles. The van der Waals surface area contributed by atoms with Gasteiger partial charge in [-0.25, -0.2) is 0 Å². The summed E-state index contributed by atoms with van der Waals surface area (Å²) >= 11 is 0. The molecule has 1 aromatic carbocycles. The van der Waals surface area contributed by atoms with Gasteiger partial charge in [0.15, 0.2) is 0 Å². The molecule has 138 valence electrons. The number of carbonyl (C=O) groups excluding carboxylic acids is 1. The molecule has 1 saturated heterocycles. The van der Waals surface area contributed by atoms with E-state index in [0.29, 0.717) is 6.54 Å². The van der Waals surface area contributed by atoms with E-state index >= 15 is 0 Å². The van der Waals surface area contributed by atoms with Crippen molar-refractivity contribution >= 4 is 5.91 Å². The minimum Gasteiger partial charge on any atom is -0.376 e. The lowest BCUT2D eigenvalue weighted by Gasteiger charge is -2.27. The van der Waals surface area contributed by atoms with Crippen LogP contribution in [-0.2, 0) is 31.3 Å². The highest BCUT2D eigenvalue weighted by atomic mass is 16.5. The Morgan fingerprint density at radius 3 is 2.92 bits per heavy atom. The average molecular weight is 353 g/mol. The molecule has 5 heteroatoms. The van der Waals surface area contributed by atoms with E-state index in [1.54, 1.807) is 0 Å². The van der Waals surface area contributed by atoms with Crippen molar-refractivity contribution in [3.8, 4) is 0 Å². The van der Waals surface area contributed by atoms with Crippen LogP contribution in [-0.4, -0.2) is 41.2 Å². The lowest BCUT2D eigenvalue weighted by molar-refractivity contribution is 0.0851. The highest BCUT2D eigenvalue weighted by Gasteiger charge is 2.24. The van der Waals surface area contributed by atoms with E-state index in [0.717, 1.165) is 51.2 Å². The average Bonchev–Trinajstić information content (AvgIpc) is 3.29. The highest BCUT2D eigenvalue weighted by Crippen LogP contribution is 2.24. The summed E-state index contributed by atoms with van der Waals surface area (Å²) in [6.07, 6.45) is 3.29. The Bertz CT molecular complexity index is 763. The molecule has 1 N–H and O–H groups in total. The van der Waals surface area contributed by atoms with Crippen LogP contribution in [0.5, 0.6) is 0 Å². The number of aromatic nitrogens is 1. The molecule has 1 fully saturated rings. The van der Waals surface area contributed by atoms with Gasteiger partial charge in [0.1, 0.15) is 5.69 Å². The van der Waals surface area contributed by atoms with Gasteiger partial charge in [-0.1, -0.05) is 30.3 Å². The summed E-state index contributed by atoms with van der Waals surface area (Å²) in [4.78, 5) is 15.1. The van der Waals surface area contributed by atoms with E-state index in [1.807, 2.05) is 7.05 Å². The lowest BCUT2D eigenvalue weighted by atomic mass is 10.1. The van der Waals surface area contributed by atoms with Crippen LogP contribution < -0.4 is 5.32 Å². The van der Waals surface area contributed by atoms with Crippen LogP contribution in [0.2, 0.25) is 0 Å². The van der Waals surface area contributed by atoms with Crippen molar-refractivity contribution in [2.75, 3.05) is 19.7 Å². The summed E-state index contributed by atoms with van der Waals surface area (Å²) in [5, 5.41) is 3.04. The van der Waals surface area contributed by atoms with Crippen molar-refractivity contribution in [3.63, 3.8) is 0 Å². The Morgan fingerprint density at radius 2 is 2.15 bits per heavy atom. The first-order chi connectivity index (χ1) is 12.7. The van der Waals surface area contributed by atoms with Crippen molar-refractivity contribution in [2.24, 2.45) is 7.05 Å². The van der Waals surface area contributed by atoms with Crippen molar-refractivity contribution in [3.05, 3.63) is 58.9 Å². The normalized spacial score (nSPS) is 20.1. The van der Waals surface area contributed by atoms with Crippen LogP contribution in [0.3, 0.4) is 0 Å². The second-order valence-corrected chi connectivity index (χ2v) is 7.35. The van der Waals surface area contributed by atoms with Crippen LogP contribution in [0.15, 0.2) is 36.4 Å². The highest BCUT2D eigenvalue weighted by molar-refractivity contribution is 5.93. The Hall–Kier alpha value is -2.11. The maximum atomic E-state index is 12.6. The van der Waals surface area contributed by atoms with Gasteiger partial charge in [0.05, 0.1) is 6.10 Å². The molecular formula is C21H27N3O2. The Labute approximate surface area is 154 Å². The number of nitrogens with zero attached hydrogens (tertiary/aromatic N) is 2. The Kier molecular flexibility index (Phi) is 5.09. The zero-order valence-corrected chi connectivity index (χ0v) is 15.4. The van der Waals surface area contributed by atoms with Gasteiger partial charge in [0.2, 0.25) is 0 Å². The summed E-state index contributed by atoms with van der Waals surface area (Å²) in [7, 11) is 2.01. The molecule has 1 amide bonds. The van der Waals surface area contributed by atoms with Crippen LogP contribution in [0.1, 0.15) is 40.2 Å². The fourth-order valence-electron chi connectivity index (χ4n) is 4.05. The SMILES string of the molecule is Cn1c(C(=O)NC[C@H]2CCCO2)cc2c1CCN(Cc1ccccc1)C2. The summed E-state index contributed by atoms with van der Waals surface area (Å²) < 4.78 is 7.66. The van der Waals surface area contributed by atoms with Crippen molar-refractivity contribution < 1.29 is 9.53 Å². The molecule has 0 spiro atoms. The summed E-state index contributed by atoms with van der Waals surface area (Å²) in [5.41, 5.74) is 4.66. The van der Waals surface area contributed by atoms with Crippen LogP contribution in [0.25, 0.3) is 0 Å². The van der Waals surface area contributed by atoms with E-state index in [2.05, 4.69) is 51.2 Å². The standard InChI is InChI=1S/C21H27N3O2/c1-23-19-9-10-24(14-16-6-3-2-4-7-16)15-17(19)12-20(23)21(25)22-13-18-8-5-11-26-18/h2-4,6-7,12,18H,5,8-11,13-15H2,1H3,(H,22,25)/t18-/m1/s1. The second-order valence-electron chi connectivity index (χ2n) is 7.35. The number of hydrogen-bond acceptors (Lipinski definition) is 3. The number of fused-ring (bicyclic) bond motifs is 1. The summed E-state index contributed by atoms with van der Waals surface area (Å²) in [6, 6.07) is 12.6. The first kappa shape index (κ1) is 17.3. The quantitative estimate of drug-likeness (QED) is 0.898. The minimum absolute atomic E-state index is 0.00649. The number of nitrogens with one attached hydrogen (secondary N) is 1. The predicted octanol–water partition coefficient (Wildman–Crippen LogP) is 2.49. The number of carbonyl (C=O) groups is 1. The molecule has 0 radical (unpaired) electrons. The number of rotatable bonds is 5. The third-order valence-corrected chi connectivity index (χ3v) is 5.50. The van der Waals surface area contributed by atoms with E-state index in [4.69, 9.17) is 4.74 Å². The smallest absolute Gasteiger partial charge is 0.268 e. The summed E-state index contributed by atoms with van der Waals surface area (Å²) in [5.74, 6) is 0.00649. The van der Waals surface area contributed by atoms with E-state index < -0.39 is 0 Å². The molecule has 4 rings (SSSR count). The molecule has 26 heavy (non-hydrogen) atoms. The summed E-state index contributed by atoms with van der Waals surface area (Å²) in [6.45, 7) is 4.30. The number of hydrogen-bond donors (Lipinski definition) is 1. The molecule has 0 aliphatic carbocycles. The second kappa shape index (κ2) is 7.64. The van der Waals surface area contributed by atoms with Gasteiger partial charge in [-0.15, -0.1) is 0 Å². The fourth-order valence-corrected chi connectivity index (χ4v) is 4.05. The monoisotopic (exact) mass is 353 g/mol. The molecule has 5 nitrogen and oxygen atoms in total. The molecule has 2 aliphatic heterocycles. The van der Waals surface area contributed by atoms with Crippen LogP contribution >= 0.6 is 0 Å². The lowest BCUT2D eigenvalue weighted by Crippen LogP contribution is -2.33. The van der Waals surface area contributed by atoms with Crippen molar-refractivity contribution in [1.82, 2.24) is 14.8 Å². The van der Waals surface area contributed by atoms with Gasteiger partial charge in [-0.2, -0.15) is 0 Å². The minimum atomic E-state index is 0.00649. The van der Waals surface area contributed by atoms with Crippen LogP contribution in [0.4, 0.5) is 0 Å².